The number of aryl methyl sites for hydroxylation is 1. The third-order valence-corrected chi connectivity index (χ3v) is 5.77. The van der Waals surface area contributed by atoms with Gasteiger partial charge in [-0.3, -0.25) is 4.79 Å². The van der Waals surface area contributed by atoms with Crippen molar-refractivity contribution in [1.29, 1.82) is 0 Å². The van der Waals surface area contributed by atoms with Gasteiger partial charge in [0.25, 0.3) is 5.91 Å². The quantitative estimate of drug-likeness (QED) is 0.229. The monoisotopic (exact) mass is 469 g/mol. The Kier molecular flexibility index (Phi) is 6.96. The van der Waals surface area contributed by atoms with E-state index in [4.69, 9.17) is 9.47 Å². The molecule has 0 spiro atoms. The van der Waals surface area contributed by atoms with Crippen LogP contribution in [0.25, 0.3) is 16.5 Å². The van der Waals surface area contributed by atoms with E-state index in [0.29, 0.717) is 23.5 Å². The average molecular weight is 470 g/mol. The molecule has 0 bridgehead atoms. The number of hydrogen-bond donors (Lipinski definition) is 1. The third kappa shape index (κ3) is 4.94. The number of ether oxygens (including phenoxy) is 2. The average Bonchev–Trinajstić information content (AvgIpc) is 3.15. The van der Waals surface area contributed by atoms with Crippen LogP contribution in [0.5, 0.6) is 5.75 Å². The van der Waals surface area contributed by atoms with E-state index in [9.17, 15) is 9.59 Å². The molecule has 1 amide bonds. The first kappa shape index (κ1) is 23.8. The van der Waals surface area contributed by atoms with Crippen molar-refractivity contribution in [3.63, 3.8) is 0 Å². The minimum Gasteiger partial charge on any atom is -0.496 e. The number of amides is 1. The number of rotatable bonds is 7. The molecule has 0 fully saturated rings. The Labute approximate surface area is 204 Å². The van der Waals surface area contributed by atoms with Gasteiger partial charge in [0, 0.05) is 22.6 Å². The Morgan fingerprint density at radius 2 is 1.74 bits per heavy atom. The molecule has 1 aromatic heterocycles. The summed E-state index contributed by atoms with van der Waals surface area (Å²) in [5.74, 6) is -0.235. The van der Waals surface area contributed by atoms with E-state index >= 15 is 0 Å². The molecule has 0 aliphatic rings. The molecule has 7 nitrogen and oxygen atoms in total. The van der Waals surface area contributed by atoms with Gasteiger partial charge in [-0.25, -0.2) is 10.2 Å². The predicted octanol–water partition coefficient (Wildman–Crippen LogP) is 5.20. The minimum atomic E-state index is -0.361. The van der Waals surface area contributed by atoms with Gasteiger partial charge >= 0.3 is 5.97 Å². The smallest absolute Gasteiger partial charge is 0.338 e. The fraction of sp³-hybridized carbons (Fsp3) is 0.179. The first-order valence-electron chi connectivity index (χ1n) is 11.3. The highest BCUT2D eigenvalue weighted by molar-refractivity contribution is 6.02. The number of fused-ring (bicyclic) bond motifs is 1. The highest BCUT2D eigenvalue weighted by atomic mass is 16.5. The van der Waals surface area contributed by atoms with Crippen LogP contribution in [0.2, 0.25) is 0 Å². The molecule has 0 saturated carbocycles. The van der Waals surface area contributed by atoms with E-state index in [2.05, 4.69) is 10.5 Å². The number of methoxy groups -OCH3 is 1. The lowest BCUT2D eigenvalue weighted by Gasteiger charge is -2.11. The third-order valence-electron chi connectivity index (χ3n) is 5.77. The van der Waals surface area contributed by atoms with Crippen molar-refractivity contribution < 1.29 is 19.1 Å². The highest BCUT2D eigenvalue weighted by Crippen LogP contribution is 2.26. The molecule has 1 heterocycles. The van der Waals surface area contributed by atoms with Crippen LogP contribution in [-0.2, 0) is 4.74 Å². The summed E-state index contributed by atoms with van der Waals surface area (Å²) in [4.78, 5) is 25.0. The zero-order valence-corrected chi connectivity index (χ0v) is 20.2. The molecule has 4 rings (SSSR count). The molecule has 0 unspecified atom stereocenters. The van der Waals surface area contributed by atoms with Gasteiger partial charge in [-0.15, -0.1) is 0 Å². The normalized spacial score (nSPS) is 11.1. The predicted molar refractivity (Wildman–Crippen MR) is 137 cm³/mol. The summed E-state index contributed by atoms with van der Waals surface area (Å²) in [5.41, 5.74) is 7.07. The summed E-state index contributed by atoms with van der Waals surface area (Å²) in [6.07, 6.45) is 1.61. The molecule has 1 N–H and O–H groups in total. The fourth-order valence-electron chi connectivity index (χ4n) is 4.09. The topological polar surface area (TPSA) is 81.9 Å². The number of esters is 1. The van der Waals surface area contributed by atoms with E-state index in [1.165, 1.54) is 7.11 Å². The van der Waals surface area contributed by atoms with Crippen LogP contribution in [0, 0.1) is 13.8 Å². The Morgan fingerprint density at radius 3 is 2.46 bits per heavy atom. The lowest BCUT2D eigenvalue weighted by molar-refractivity contribution is 0.0526. The second-order valence-electron chi connectivity index (χ2n) is 8.03. The van der Waals surface area contributed by atoms with Gasteiger partial charge in [-0.05, 0) is 67.9 Å². The summed E-state index contributed by atoms with van der Waals surface area (Å²) in [6, 6.07) is 20.7. The van der Waals surface area contributed by atoms with Crippen LogP contribution in [0.1, 0.15) is 44.6 Å². The Hall–Kier alpha value is -4.39. The van der Waals surface area contributed by atoms with Gasteiger partial charge in [-0.1, -0.05) is 30.3 Å². The van der Waals surface area contributed by atoms with E-state index in [-0.39, 0.29) is 11.9 Å². The van der Waals surface area contributed by atoms with Gasteiger partial charge in [0.15, 0.2) is 0 Å². The van der Waals surface area contributed by atoms with Crippen molar-refractivity contribution in [1.82, 2.24) is 9.99 Å². The molecule has 0 aliphatic carbocycles. The van der Waals surface area contributed by atoms with Crippen molar-refractivity contribution >= 4 is 28.9 Å². The maximum Gasteiger partial charge on any atom is 0.338 e. The number of hydrogen-bond acceptors (Lipinski definition) is 5. The molecule has 0 aliphatic heterocycles. The molecule has 4 aromatic rings. The van der Waals surface area contributed by atoms with Crippen molar-refractivity contribution in [2.24, 2.45) is 5.10 Å². The van der Waals surface area contributed by atoms with Gasteiger partial charge < -0.3 is 14.0 Å². The van der Waals surface area contributed by atoms with Gasteiger partial charge in [0.2, 0.25) is 0 Å². The second-order valence-corrected chi connectivity index (χ2v) is 8.03. The van der Waals surface area contributed by atoms with Crippen molar-refractivity contribution in [2.45, 2.75) is 20.8 Å². The standard InChI is InChI=1S/C28H27N3O4/c1-5-35-28(33)22-11-8-12-24(14-22)31-18(2)13-23(19(31)3)17-29-30-27(32)25-15-20-9-6-7-10-21(20)16-26(25)34-4/h6-17H,5H2,1-4H3,(H,30,32)/b29-17-. The van der Waals surface area contributed by atoms with Crippen molar-refractivity contribution in [2.75, 3.05) is 13.7 Å². The minimum absolute atomic E-state index is 0.321. The highest BCUT2D eigenvalue weighted by Gasteiger charge is 2.15. The Morgan fingerprint density at radius 1 is 1.00 bits per heavy atom. The molecule has 7 heteroatoms. The largest absolute Gasteiger partial charge is 0.496 e. The van der Waals surface area contributed by atoms with Crippen LogP contribution in [-0.4, -0.2) is 36.4 Å². The molecule has 35 heavy (non-hydrogen) atoms. The number of carbonyl (C=O) groups is 2. The van der Waals surface area contributed by atoms with Crippen molar-refractivity contribution in [3.05, 3.63) is 94.8 Å². The van der Waals surface area contributed by atoms with E-state index in [1.807, 2.05) is 66.9 Å². The number of hydrazone groups is 1. The first-order chi connectivity index (χ1) is 16.9. The Balaban J connectivity index is 1.56. The maximum atomic E-state index is 12.8. The Bertz CT molecular complexity index is 1440. The number of aromatic nitrogens is 1. The van der Waals surface area contributed by atoms with Crippen LogP contribution >= 0.6 is 0 Å². The fourth-order valence-corrected chi connectivity index (χ4v) is 4.09. The van der Waals surface area contributed by atoms with Crippen LogP contribution in [0.4, 0.5) is 0 Å². The zero-order chi connectivity index (χ0) is 24.9. The van der Waals surface area contributed by atoms with E-state index in [1.54, 1.807) is 31.3 Å². The number of benzene rings is 3. The molecular formula is C28H27N3O4. The number of carbonyl (C=O) groups excluding carboxylic acids is 2. The van der Waals surface area contributed by atoms with Crippen molar-refractivity contribution in [3.8, 4) is 11.4 Å². The summed E-state index contributed by atoms with van der Waals surface area (Å²) in [6.45, 7) is 6.03. The second kappa shape index (κ2) is 10.3. The summed E-state index contributed by atoms with van der Waals surface area (Å²) >= 11 is 0. The first-order valence-corrected chi connectivity index (χ1v) is 11.3. The summed E-state index contributed by atoms with van der Waals surface area (Å²) in [7, 11) is 1.54. The summed E-state index contributed by atoms with van der Waals surface area (Å²) in [5, 5.41) is 6.12. The van der Waals surface area contributed by atoms with Gasteiger partial charge in [-0.2, -0.15) is 5.10 Å². The zero-order valence-electron chi connectivity index (χ0n) is 20.2. The maximum absolute atomic E-state index is 12.8. The SMILES string of the molecule is CCOC(=O)c1cccc(-n2c(C)cc(/C=N\NC(=O)c3cc4ccccc4cc3OC)c2C)c1. The molecule has 0 atom stereocenters. The molecule has 3 aromatic carbocycles. The molecular weight excluding hydrogens is 442 g/mol. The van der Waals surface area contributed by atoms with E-state index < -0.39 is 0 Å². The van der Waals surface area contributed by atoms with Crippen LogP contribution < -0.4 is 10.2 Å². The lowest BCUT2D eigenvalue weighted by Crippen LogP contribution is -2.18. The van der Waals surface area contributed by atoms with Crippen LogP contribution in [0.3, 0.4) is 0 Å². The number of nitrogens with one attached hydrogen (secondary N) is 1. The van der Waals surface area contributed by atoms with Gasteiger partial charge in [0.05, 0.1) is 31.1 Å². The summed E-state index contributed by atoms with van der Waals surface area (Å²) < 4.78 is 12.6. The van der Waals surface area contributed by atoms with Gasteiger partial charge in [0.1, 0.15) is 5.75 Å². The van der Waals surface area contributed by atoms with E-state index in [0.717, 1.165) is 33.4 Å². The molecule has 0 radical (unpaired) electrons. The molecule has 178 valence electrons. The lowest BCUT2D eigenvalue weighted by atomic mass is 10.1. The molecule has 0 saturated heterocycles. The van der Waals surface area contributed by atoms with Crippen LogP contribution in [0.15, 0.2) is 71.8 Å². The number of nitrogens with zero attached hydrogens (tertiary/aromatic N) is 2.